The van der Waals surface area contributed by atoms with Gasteiger partial charge in [-0.3, -0.25) is 4.79 Å². The maximum atomic E-state index is 13.0. The highest BCUT2D eigenvalue weighted by Gasteiger charge is 2.14. The Labute approximate surface area is 142 Å². The molecule has 0 unspecified atom stereocenters. The van der Waals surface area contributed by atoms with E-state index in [1.807, 2.05) is 18.2 Å². The number of hydrogen-bond acceptors (Lipinski definition) is 2. The predicted molar refractivity (Wildman–Crippen MR) is 95.9 cm³/mol. The van der Waals surface area contributed by atoms with Gasteiger partial charge in [0.25, 0.3) is 0 Å². The molecule has 3 nitrogen and oxygen atoms in total. The molecule has 0 aromatic heterocycles. The van der Waals surface area contributed by atoms with Gasteiger partial charge in [-0.25, -0.2) is 4.39 Å². The number of carbonyl (C=O) groups is 1. The number of nitrogens with one attached hydrogen (secondary N) is 1. The van der Waals surface area contributed by atoms with Gasteiger partial charge in [0, 0.05) is 13.1 Å². The van der Waals surface area contributed by atoms with Crippen molar-refractivity contribution in [2.75, 3.05) is 23.3 Å². The first-order chi connectivity index (χ1) is 11.7. The van der Waals surface area contributed by atoms with Crippen LogP contribution in [0.2, 0.25) is 0 Å². The molecule has 1 heterocycles. The van der Waals surface area contributed by atoms with Crippen LogP contribution in [0.3, 0.4) is 0 Å². The number of amides is 1. The number of rotatable bonds is 4. The first kappa shape index (κ1) is 16.5. The molecule has 2 aromatic carbocycles. The fourth-order valence-corrected chi connectivity index (χ4v) is 3.15. The summed E-state index contributed by atoms with van der Waals surface area (Å²) in [5.41, 5.74) is 2.75. The van der Waals surface area contributed by atoms with Crippen LogP contribution < -0.4 is 10.2 Å². The molecule has 1 aliphatic rings. The maximum Gasteiger partial charge on any atom is 0.228 e. The Morgan fingerprint density at radius 2 is 1.62 bits per heavy atom. The predicted octanol–water partition coefficient (Wildman–Crippen LogP) is 4.39. The monoisotopic (exact) mass is 326 g/mol. The highest BCUT2D eigenvalue weighted by molar-refractivity contribution is 5.95. The van der Waals surface area contributed by atoms with E-state index in [-0.39, 0.29) is 18.1 Å². The van der Waals surface area contributed by atoms with Gasteiger partial charge in [-0.15, -0.1) is 0 Å². The first-order valence-corrected chi connectivity index (χ1v) is 8.60. The molecule has 0 radical (unpaired) electrons. The minimum absolute atomic E-state index is 0.0797. The SMILES string of the molecule is O=C(Cc1ccc(F)cc1)Nc1ccccc1N1CCCCCC1. The van der Waals surface area contributed by atoms with E-state index >= 15 is 0 Å². The van der Waals surface area contributed by atoms with Gasteiger partial charge < -0.3 is 10.2 Å². The Morgan fingerprint density at radius 1 is 0.958 bits per heavy atom. The van der Waals surface area contributed by atoms with Crippen LogP contribution in [0.5, 0.6) is 0 Å². The molecule has 1 amide bonds. The molecule has 24 heavy (non-hydrogen) atoms. The lowest BCUT2D eigenvalue weighted by Crippen LogP contribution is -2.26. The van der Waals surface area contributed by atoms with Crippen LogP contribution in [0.1, 0.15) is 31.2 Å². The summed E-state index contributed by atoms with van der Waals surface area (Å²) in [5, 5.41) is 3.02. The Balaban J connectivity index is 1.70. The lowest BCUT2D eigenvalue weighted by Gasteiger charge is -2.25. The van der Waals surface area contributed by atoms with Crippen LogP contribution in [0, 0.1) is 5.82 Å². The number of halogens is 1. The van der Waals surface area contributed by atoms with E-state index in [4.69, 9.17) is 0 Å². The molecule has 1 N–H and O–H groups in total. The van der Waals surface area contributed by atoms with Gasteiger partial charge in [0.2, 0.25) is 5.91 Å². The fraction of sp³-hybridized carbons (Fsp3) is 0.350. The quantitative estimate of drug-likeness (QED) is 0.904. The van der Waals surface area contributed by atoms with Gasteiger partial charge in [-0.05, 0) is 42.7 Å². The highest BCUT2D eigenvalue weighted by atomic mass is 19.1. The Hall–Kier alpha value is -2.36. The Kier molecular flexibility index (Phi) is 5.47. The Morgan fingerprint density at radius 3 is 2.33 bits per heavy atom. The van der Waals surface area contributed by atoms with Gasteiger partial charge in [-0.1, -0.05) is 37.1 Å². The van der Waals surface area contributed by atoms with E-state index < -0.39 is 0 Å². The number of anilines is 2. The lowest BCUT2D eigenvalue weighted by atomic mass is 10.1. The zero-order valence-electron chi connectivity index (χ0n) is 13.8. The molecular weight excluding hydrogens is 303 g/mol. The normalized spacial score (nSPS) is 15.0. The third kappa shape index (κ3) is 4.34. The smallest absolute Gasteiger partial charge is 0.228 e. The van der Waals surface area contributed by atoms with Gasteiger partial charge in [0.15, 0.2) is 0 Å². The molecule has 0 saturated carbocycles. The van der Waals surface area contributed by atoms with Crippen molar-refractivity contribution < 1.29 is 9.18 Å². The summed E-state index contributed by atoms with van der Waals surface area (Å²) in [6.45, 7) is 2.07. The standard InChI is InChI=1S/C20H23FN2O/c21-17-11-9-16(10-12-17)15-20(24)22-18-7-3-4-8-19(18)23-13-5-1-2-6-14-23/h3-4,7-12H,1-2,5-6,13-15H2,(H,22,24). The second kappa shape index (κ2) is 7.95. The third-order valence-electron chi connectivity index (χ3n) is 4.40. The molecule has 0 atom stereocenters. The van der Waals surface area contributed by atoms with E-state index in [0.717, 1.165) is 30.0 Å². The second-order valence-electron chi connectivity index (χ2n) is 6.27. The van der Waals surface area contributed by atoms with E-state index in [1.165, 1.54) is 37.8 Å². The molecule has 0 aliphatic carbocycles. The molecule has 1 fully saturated rings. The average molecular weight is 326 g/mol. The van der Waals surface area contributed by atoms with Crippen molar-refractivity contribution in [3.8, 4) is 0 Å². The maximum absolute atomic E-state index is 13.0. The number of carbonyl (C=O) groups excluding carboxylic acids is 1. The van der Waals surface area contributed by atoms with Gasteiger partial charge in [0.05, 0.1) is 17.8 Å². The van der Waals surface area contributed by atoms with Crippen LogP contribution in [-0.4, -0.2) is 19.0 Å². The van der Waals surface area contributed by atoms with E-state index in [2.05, 4.69) is 16.3 Å². The zero-order chi connectivity index (χ0) is 16.8. The fourth-order valence-electron chi connectivity index (χ4n) is 3.15. The zero-order valence-corrected chi connectivity index (χ0v) is 13.8. The summed E-state index contributed by atoms with van der Waals surface area (Å²) >= 11 is 0. The summed E-state index contributed by atoms with van der Waals surface area (Å²) in [6, 6.07) is 14.0. The molecule has 0 spiro atoms. The topological polar surface area (TPSA) is 32.3 Å². The van der Waals surface area contributed by atoms with Crippen molar-refractivity contribution in [1.29, 1.82) is 0 Å². The van der Waals surface area contributed by atoms with Crippen molar-refractivity contribution in [3.63, 3.8) is 0 Å². The summed E-state index contributed by atoms with van der Waals surface area (Å²) in [5.74, 6) is -0.366. The van der Waals surface area contributed by atoms with E-state index in [1.54, 1.807) is 12.1 Å². The molecular formula is C20H23FN2O. The first-order valence-electron chi connectivity index (χ1n) is 8.60. The van der Waals surface area contributed by atoms with Crippen molar-refractivity contribution in [2.24, 2.45) is 0 Å². The Bertz CT molecular complexity index is 676. The van der Waals surface area contributed by atoms with Crippen LogP contribution in [0.25, 0.3) is 0 Å². The minimum Gasteiger partial charge on any atom is -0.370 e. The summed E-state index contributed by atoms with van der Waals surface area (Å²) in [4.78, 5) is 14.7. The number of para-hydroxylation sites is 2. The number of nitrogens with zero attached hydrogens (tertiary/aromatic N) is 1. The van der Waals surface area contributed by atoms with Crippen molar-refractivity contribution >= 4 is 17.3 Å². The van der Waals surface area contributed by atoms with E-state index in [0.29, 0.717) is 0 Å². The molecule has 1 saturated heterocycles. The summed E-state index contributed by atoms with van der Waals surface area (Å²) in [6.07, 6.45) is 5.18. The molecule has 0 bridgehead atoms. The van der Waals surface area contributed by atoms with Gasteiger partial charge in [-0.2, -0.15) is 0 Å². The lowest BCUT2D eigenvalue weighted by molar-refractivity contribution is -0.115. The average Bonchev–Trinajstić information content (AvgIpc) is 2.87. The highest BCUT2D eigenvalue weighted by Crippen LogP contribution is 2.28. The molecule has 4 heteroatoms. The number of benzene rings is 2. The van der Waals surface area contributed by atoms with Crippen LogP contribution in [0.4, 0.5) is 15.8 Å². The minimum atomic E-state index is -0.286. The largest absolute Gasteiger partial charge is 0.370 e. The van der Waals surface area contributed by atoms with Crippen molar-refractivity contribution in [2.45, 2.75) is 32.1 Å². The van der Waals surface area contributed by atoms with Crippen LogP contribution in [-0.2, 0) is 11.2 Å². The van der Waals surface area contributed by atoms with Crippen molar-refractivity contribution in [1.82, 2.24) is 0 Å². The van der Waals surface area contributed by atoms with Crippen molar-refractivity contribution in [3.05, 3.63) is 59.9 Å². The molecule has 2 aromatic rings. The van der Waals surface area contributed by atoms with Crippen LogP contribution in [0.15, 0.2) is 48.5 Å². The summed E-state index contributed by atoms with van der Waals surface area (Å²) in [7, 11) is 0. The van der Waals surface area contributed by atoms with Gasteiger partial charge >= 0.3 is 0 Å². The third-order valence-corrected chi connectivity index (χ3v) is 4.40. The molecule has 1 aliphatic heterocycles. The van der Waals surface area contributed by atoms with E-state index in [9.17, 15) is 9.18 Å². The molecule has 3 rings (SSSR count). The molecule has 126 valence electrons. The van der Waals surface area contributed by atoms with Crippen LogP contribution >= 0.6 is 0 Å². The van der Waals surface area contributed by atoms with Gasteiger partial charge in [0.1, 0.15) is 5.82 Å². The second-order valence-corrected chi connectivity index (χ2v) is 6.27. The summed E-state index contributed by atoms with van der Waals surface area (Å²) < 4.78 is 13.0. The number of hydrogen-bond donors (Lipinski definition) is 1.